The Balaban J connectivity index is 2.39. The van der Waals surface area contributed by atoms with Crippen molar-refractivity contribution in [2.75, 3.05) is 0 Å². The maximum atomic E-state index is 2.34. The fourth-order valence-electron chi connectivity index (χ4n) is 1.18. The lowest BCUT2D eigenvalue weighted by Crippen LogP contribution is -2.31. The number of thiophene rings is 1. The minimum atomic E-state index is 1.22. The Morgan fingerprint density at radius 3 is 2.75 bits per heavy atom. The largest absolute Gasteiger partial charge is 0.154 e. The Morgan fingerprint density at radius 2 is 2.08 bits per heavy atom. The molecule has 2 radical (unpaired) electrons. The van der Waals surface area contributed by atoms with E-state index in [0.717, 1.165) is 0 Å². The lowest BCUT2D eigenvalue weighted by Gasteiger charge is -1.98. The topological polar surface area (TPSA) is 0 Å². The molecule has 0 saturated carbocycles. The van der Waals surface area contributed by atoms with E-state index in [4.69, 9.17) is 0 Å². The van der Waals surface area contributed by atoms with Crippen molar-refractivity contribution in [1.29, 1.82) is 0 Å². The summed E-state index contributed by atoms with van der Waals surface area (Å²) in [5.41, 5.74) is 2.80. The summed E-state index contributed by atoms with van der Waals surface area (Å²) in [5.74, 6) is 0. The molecule has 0 saturated heterocycles. The van der Waals surface area contributed by atoms with Crippen LogP contribution in [0.3, 0.4) is 0 Å². The molecule has 3 heteroatoms. The highest BCUT2D eigenvalue weighted by molar-refractivity contribution is 7.10. The van der Waals surface area contributed by atoms with Gasteiger partial charge in [0.1, 0.15) is 7.28 Å². The molecule has 0 fully saturated rings. The van der Waals surface area contributed by atoms with Gasteiger partial charge in [0, 0.05) is 0 Å². The third kappa shape index (κ3) is 2.71. The lowest BCUT2D eigenvalue weighted by molar-refractivity contribution is 0.881. The molecule has 0 aliphatic rings. The number of unbranched alkanes of at least 4 members (excludes halogenated alkanes) is 1. The average molecular weight is 176 g/mol. The van der Waals surface area contributed by atoms with E-state index in [1.807, 2.05) is 0 Å². The highest BCUT2D eigenvalue weighted by Crippen LogP contribution is 1.96. The maximum Gasteiger partial charge on any atom is 0.151 e. The van der Waals surface area contributed by atoms with Gasteiger partial charge in [-0.3, -0.25) is 0 Å². The maximum absolute atomic E-state index is 2.34. The van der Waals surface area contributed by atoms with Crippen molar-refractivity contribution in [1.82, 2.24) is 0 Å². The molecule has 0 nitrogen and oxygen atoms in total. The van der Waals surface area contributed by atoms with E-state index in [1.165, 1.54) is 30.1 Å². The molecule has 0 aromatic carbocycles. The molecule has 0 amide bonds. The molecule has 1 aromatic heterocycles. The molecule has 1 rings (SSSR count). The first-order chi connectivity index (χ1) is 5.88. The van der Waals surface area contributed by atoms with Crippen molar-refractivity contribution < 1.29 is 0 Å². The second kappa shape index (κ2) is 5.47. The summed E-state index contributed by atoms with van der Waals surface area (Å²) in [6.07, 6.45) is 3.80. The summed E-state index contributed by atoms with van der Waals surface area (Å²) in [5, 5.41) is 4.43. The van der Waals surface area contributed by atoms with Crippen LogP contribution in [0.25, 0.3) is 0 Å². The second-order valence-electron chi connectivity index (χ2n) is 2.92. The van der Waals surface area contributed by atoms with Gasteiger partial charge in [0.2, 0.25) is 0 Å². The highest BCUT2D eigenvalue weighted by atomic mass is 32.1. The first-order valence-electron chi connectivity index (χ1n) is 4.57. The standard InChI is InChI=1S/C9H14B2S/c1-3-4-5-11-9-7-12-6-8(9)10-2/h6-7H,3-5H2,1-2H3. The van der Waals surface area contributed by atoms with Crippen molar-refractivity contribution in [3.63, 3.8) is 0 Å². The quantitative estimate of drug-likeness (QED) is 0.472. The Morgan fingerprint density at radius 1 is 1.33 bits per heavy atom. The van der Waals surface area contributed by atoms with E-state index in [-0.39, 0.29) is 0 Å². The summed E-state index contributed by atoms with van der Waals surface area (Å²) in [7, 11) is 4.52. The number of rotatable bonds is 5. The lowest BCUT2D eigenvalue weighted by atomic mass is 9.59. The monoisotopic (exact) mass is 176 g/mol. The van der Waals surface area contributed by atoms with Gasteiger partial charge in [-0.1, -0.05) is 43.8 Å². The molecule has 0 aliphatic carbocycles. The molecule has 1 aromatic rings. The van der Waals surface area contributed by atoms with Crippen LogP contribution in [-0.4, -0.2) is 14.6 Å². The van der Waals surface area contributed by atoms with Crippen molar-refractivity contribution in [2.24, 2.45) is 0 Å². The Labute approximate surface area is 80.9 Å². The van der Waals surface area contributed by atoms with E-state index < -0.39 is 0 Å². The van der Waals surface area contributed by atoms with Gasteiger partial charge < -0.3 is 0 Å². The number of hydrogen-bond acceptors (Lipinski definition) is 1. The van der Waals surface area contributed by atoms with Crippen molar-refractivity contribution in [3.05, 3.63) is 10.8 Å². The van der Waals surface area contributed by atoms with Gasteiger partial charge in [-0.05, 0) is 10.8 Å². The fraction of sp³-hybridized carbons (Fsp3) is 0.556. The predicted molar refractivity (Wildman–Crippen MR) is 60.7 cm³/mol. The summed E-state index contributed by atoms with van der Waals surface area (Å²) >= 11 is 1.79. The van der Waals surface area contributed by atoms with Crippen LogP contribution in [0.2, 0.25) is 13.1 Å². The average Bonchev–Trinajstić information content (AvgIpc) is 2.52. The third-order valence-corrected chi connectivity index (χ3v) is 2.74. The van der Waals surface area contributed by atoms with Gasteiger partial charge in [0.15, 0.2) is 7.28 Å². The Hall–Kier alpha value is -0.170. The van der Waals surface area contributed by atoms with Crippen molar-refractivity contribution in [3.8, 4) is 0 Å². The third-order valence-electron chi connectivity index (χ3n) is 1.96. The van der Waals surface area contributed by atoms with Gasteiger partial charge in [0.25, 0.3) is 0 Å². The molecular weight excluding hydrogens is 162 g/mol. The van der Waals surface area contributed by atoms with E-state index in [2.05, 4.69) is 39.1 Å². The van der Waals surface area contributed by atoms with Crippen LogP contribution < -0.4 is 10.9 Å². The Bertz CT molecular complexity index is 220. The Kier molecular flexibility index (Phi) is 4.52. The fourth-order valence-corrected chi connectivity index (χ4v) is 2.04. The van der Waals surface area contributed by atoms with Gasteiger partial charge in [-0.2, -0.15) is 11.3 Å². The van der Waals surface area contributed by atoms with Crippen LogP contribution in [-0.2, 0) is 0 Å². The predicted octanol–water partition coefficient (Wildman–Crippen LogP) is 1.67. The van der Waals surface area contributed by atoms with Gasteiger partial charge >= 0.3 is 0 Å². The summed E-state index contributed by atoms with van der Waals surface area (Å²) in [6, 6.07) is 0. The molecule has 62 valence electrons. The van der Waals surface area contributed by atoms with E-state index in [0.29, 0.717) is 0 Å². The summed E-state index contributed by atoms with van der Waals surface area (Å²) in [6.45, 7) is 4.33. The zero-order chi connectivity index (χ0) is 8.81. The van der Waals surface area contributed by atoms with Gasteiger partial charge in [0.05, 0.1) is 0 Å². The van der Waals surface area contributed by atoms with Crippen LogP contribution in [0.5, 0.6) is 0 Å². The van der Waals surface area contributed by atoms with E-state index in [1.54, 1.807) is 11.3 Å². The molecule has 1 heterocycles. The van der Waals surface area contributed by atoms with Gasteiger partial charge in [-0.25, -0.2) is 0 Å². The zero-order valence-corrected chi connectivity index (χ0v) is 8.66. The van der Waals surface area contributed by atoms with E-state index >= 15 is 0 Å². The normalized spacial score (nSPS) is 9.83. The molecule has 0 bridgehead atoms. The molecule has 12 heavy (non-hydrogen) atoms. The minimum Gasteiger partial charge on any atom is -0.154 e. The van der Waals surface area contributed by atoms with E-state index in [9.17, 15) is 0 Å². The molecule has 0 N–H and O–H groups in total. The van der Waals surface area contributed by atoms with Crippen molar-refractivity contribution >= 4 is 36.8 Å². The SMILES string of the molecule is C[B]c1cscc1[B]CCCC. The van der Waals surface area contributed by atoms with Crippen LogP contribution in [0.15, 0.2) is 10.8 Å². The molecule has 0 unspecified atom stereocenters. The zero-order valence-electron chi connectivity index (χ0n) is 7.84. The van der Waals surface area contributed by atoms with Gasteiger partial charge in [-0.15, -0.1) is 0 Å². The van der Waals surface area contributed by atoms with Crippen LogP contribution in [0.1, 0.15) is 19.8 Å². The van der Waals surface area contributed by atoms with Crippen molar-refractivity contribution in [2.45, 2.75) is 32.9 Å². The summed E-state index contributed by atoms with van der Waals surface area (Å²) < 4.78 is 0. The van der Waals surface area contributed by atoms with Crippen LogP contribution >= 0.6 is 11.3 Å². The smallest absolute Gasteiger partial charge is 0.151 e. The minimum absolute atomic E-state index is 1.22. The second-order valence-corrected chi connectivity index (χ2v) is 3.66. The molecular formula is C9H14B2S. The molecule has 0 aliphatic heterocycles. The first kappa shape index (κ1) is 9.91. The van der Waals surface area contributed by atoms with Crippen LogP contribution in [0, 0.1) is 0 Å². The molecule has 0 spiro atoms. The highest BCUT2D eigenvalue weighted by Gasteiger charge is 2.02. The summed E-state index contributed by atoms with van der Waals surface area (Å²) in [4.78, 5) is 0. The number of hydrogen-bond donors (Lipinski definition) is 0. The first-order valence-corrected chi connectivity index (χ1v) is 5.51. The van der Waals surface area contributed by atoms with Crippen LogP contribution in [0.4, 0.5) is 0 Å². The molecule has 0 atom stereocenters.